The third-order valence-corrected chi connectivity index (χ3v) is 4.15. The van der Waals surface area contributed by atoms with Gasteiger partial charge in [0, 0.05) is 12.1 Å². The van der Waals surface area contributed by atoms with Crippen molar-refractivity contribution >= 4 is 17.6 Å². The maximum atomic E-state index is 12.0. The van der Waals surface area contributed by atoms with Crippen molar-refractivity contribution in [3.8, 4) is 0 Å². The van der Waals surface area contributed by atoms with Crippen molar-refractivity contribution in [1.29, 1.82) is 0 Å². The van der Waals surface area contributed by atoms with Crippen molar-refractivity contribution in [2.75, 3.05) is 6.61 Å². The summed E-state index contributed by atoms with van der Waals surface area (Å²) >= 11 is 0. The molecule has 0 saturated carbocycles. The quantitative estimate of drug-likeness (QED) is 0.424. The van der Waals surface area contributed by atoms with E-state index < -0.39 is 23.4 Å². The minimum Gasteiger partial charge on any atom is -0.452 e. The SMILES string of the molecule is CC(C)Cc1ccc([C@@H](C)NC(=O)COC(=O)c2ccc([N+](=O)[O-])cc2)cc1. The van der Waals surface area contributed by atoms with Gasteiger partial charge in [0.2, 0.25) is 0 Å². The van der Waals surface area contributed by atoms with Crippen LogP contribution in [-0.4, -0.2) is 23.4 Å². The third-order valence-electron chi connectivity index (χ3n) is 4.15. The summed E-state index contributed by atoms with van der Waals surface area (Å²) in [5.41, 5.74) is 2.23. The summed E-state index contributed by atoms with van der Waals surface area (Å²) in [5.74, 6) is -0.557. The summed E-state index contributed by atoms with van der Waals surface area (Å²) in [6.45, 7) is 5.75. The molecule has 2 aromatic carbocycles. The van der Waals surface area contributed by atoms with Crippen LogP contribution in [0.4, 0.5) is 5.69 Å². The Morgan fingerprint density at radius 2 is 1.64 bits per heavy atom. The van der Waals surface area contributed by atoms with Crippen molar-refractivity contribution in [3.05, 3.63) is 75.3 Å². The van der Waals surface area contributed by atoms with Crippen LogP contribution in [0, 0.1) is 16.0 Å². The fourth-order valence-corrected chi connectivity index (χ4v) is 2.71. The predicted molar refractivity (Wildman–Crippen MR) is 105 cm³/mol. The largest absolute Gasteiger partial charge is 0.452 e. The Hall–Kier alpha value is -3.22. The van der Waals surface area contributed by atoms with Crippen molar-refractivity contribution in [2.24, 2.45) is 5.92 Å². The molecule has 0 saturated heterocycles. The average Bonchev–Trinajstić information content (AvgIpc) is 2.66. The Labute approximate surface area is 163 Å². The number of hydrogen-bond donors (Lipinski definition) is 1. The molecule has 0 fully saturated rings. The molecular formula is C21H24N2O5. The summed E-state index contributed by atoms with van der Waals surface area (Å²) in [6, 6.07) is 12.8. The summed E-state index contributed by atoms with van der Waals surface area (Å²) in [7, 11) is 0. The van der Waals surface area contributed by atoms with Gasteiger partial charge in [0.05, 0.1) is 16.5 Å². The van der Waals surface area contributed by atoms with E-state index in [1.54, 1.807) is 0 Å². The van der Waals surface area contributed by atoms with Crippen LogP contribution in [0.1, 0.15) is 48.3 Å². The zero-order valence-corrected chi connectivity index (χ0v) is 16.2. The highest BCUT2D eigenvalue weighted by Gasteiger charge is 2.14. The number of nitro benzene ring substituents is 1. The lowest BCUT2D eigenvalue weighted by Gasteiger charge is -2.15. The van der Waals surface area contributed by atoms with E-state index in [1.165, 1.54) is 29.8 Å². The lowest BCUT2D eigenvalue weighted by Crippen LogP contribution is -2.31. The molecule has 0 radical (unpaired) electrons. The number of benzene rings is 2. The zero-order valence-electron chi connectivity index (χ0n) is 16.2. The predicted octanol–water partition coefficient (Wildman–Crippen LogP) is 3.83. The van der Waals surface area contributed by atoms with E-state index in [4.69, 9.17) is 4.74 Å². The molecule has 0 heterocycles. The highest BCUT2D eigenvalue weighted by molar-refractivity contribution is 5.91. The van der Waals surface area contributed by atoms with Gasteiger partial charge in [-0.1, -0.05) is 38.1 Å². The molecule has 7 nitrogen and oxygen atoms in total. The van der Waals surface area contributed by atoms with Crippen LogP contribution in [0.5, 0.6) is 0 Å². The second kappa shape index (κ2) is 9.64. The number of esters is 1. The fourth-order valence-electron chi connectivity index (χ4n) is 2.71. The van der Waals surface area contributed by atoms with Crippen molar-refractivity contribution in [2.45, 2.75) is 33.2 Å². The highest BCUT2D eigenvalue weighted by atomic mass is 16.6. The van der Waals surface area contributed by atoms with Crippen molar-refractivity contribution < 1.29 is 19.2 Å². The van der Waals surface area contributed by atoms with Crippen LogP contribution in [0.2, 0.25) is 0 Å². The van der Waals surface area contributed by atoms with E-state index in [0.717, 1.165) is 12.0 Å². The van der Waals surface area contributed by atoms with E-state index in [9.17, 15) is 19.7 Å². The van der Waals surface area contributed by atoms with Crippen LogP contribution in [0.15, 0.2) is 48.5 Å². The molecule has 0 spiro atoms. The normalized spacial score (nSPS) is 11.7. The fraction of sp³-hybridized carbons (Fsp3) is 0.333. The van der Waals surface area contributed by atoms with Crippen LogP contribution >= 0.6 is 0 Å². The molecule has 7 heteroatoms. The van der Waals surface area contributed by atoms with Crippen LogP contribution in [-0.2, 0) is 16.0 Å². The summed E-state index contributed by atoms with van der Waals surface area (Å²) in [5, 5.41) is 13.4. The lowest BCUT2D eigenvalue weighted by molar-refractivity contribution is -0.384. The van der Waals surface area contributed by atoms with Crippen LogP contribution < -0.4 is 5.32 Å². The van der Waals surface area contributed by atoms with E-state index in [-0.39, 0.29) is 17.3 Å². The Morgan fingerprint density at radius 3 is 2.18 bits per heavy atom. The monoisotopic (exact) mass is 384 g/mol. The number of nitrogens with zero attached hydrogens (tertiary/aromatic N) is 1. The second-order valence-corrected chi connectivity index (χ2v) is 7.01. The van der Waals surface area contributed by atoms with Gasteiger partial charge >= 0.3 is 5.97 Å². The number of rotatable bonds is 8. The molecule has 2 aromatic rings. The standard InChI is InChI=1S/C21H24N2O5/c1-14(2)12-16-4-6-17(7-5-16)15(3)22-20(24)13-28-21(25)18-8-10-19(11-9-18)23(26)27/h4-11,14-15H,12-13H2,1-3H3,(H,22,24)/t15-/m1/s1. The van der Waals surface area contributed by atoms with Gasteiger partial charge in [0.1, 0.15) is 0 Å². The molecule has 0 aliphatic heterocycles. The molecule has 0 aromatic heterocycles. The van der Waals surface area contributed by atoms with Gasteiger partial charge in [-0.3, -0.25) is 14.9 Å². The third kappa shape index (κ3) is 6.19. The molecule has 2 rings (SSSR count). The molecule has 1 atom stereocenters. The van der Waals surface area contributed by atoms with E-state index in [0.29, 0.717) is 5.92 Å². The maximum Gasteiger partial charge on any atom is 0.338 e. The smallest absolute Gasteiger partial charge is 0.338 e. The number of carbonyl (C=O) groups is 2. The zero-order chi connectivity index (χ0) is 20.7. The van der Waals surface area contributed by atoms with E-state index in [2.05, 4.69) is 19.2 Å². The molecule has 1 N–H and O–H groups in total. The van der Waals surface area contributed by atoms with Crippen molar-refractivity contribution in [3.63, 3.8) is 0 Å². The second-order valence-electron chi connectivity index (χ2n) is 7.01. The number of non-ortho nitro benzene ring substituents is 1. The van der Waals surface area contributed by atoms with Gasteiger partial charge < -0.3 is 10.1 Å². The molecule has 0 aliphatic rings. The van der Waals surface area contributed by atoms with Gasteiger partial charge in [-0.15, -0.1) is 0 Å². The summed E-state index contributed by atoms with van der Waals surface area (Å²) in [4.78, 5) is 34.0. The minimum atomic E-state index is -0.712. The number of hydrogen-bond acceptors (Lipinski definition) is 5. The molecule has 148 valence electrons. The van der Waals surface area contributed by atoms with E-state index in [1.807, 2.05) is 31.2 Å². The Morgan fingerprint density at radius 1 is 1.04 bits per heavy atom. The Kier molecular flexibility index (Phi) is 7.26. The molecule has 1 amide bonds. The number of nitro groups is 1. The summed E-state index contributed by atoms with van der Waals surface area (Å²) < 4.78 is 4.97. The number of carbonyl (C=O) groups excluding carboxylic acids is 2. The lowest BCUT2D eigenvalue weighted by atomic mass is 10.00. The van der Waals surface area contributed by atoms with Gasteiger partial charge in [0.25, 0.3) is 11.6 Å². The Balaban J connectivity index is 1.84. The number of ether oxygens (including phenoxy) is 1. The topological polar surface area (TPSA) is 98.5 Å². The minimum absolute atomic E-state index is 0.123. The first kappa shape index (κ1) is 21.1. The van der Waals surface area contributed by atoms with E-state index >= 15 is 0 Å². The average molecular weight is 384 g/mol. The summed E-state index contributed by atoms with van der Waals surface area (Å²) in [6.07, 6.45) is 1.000. The Bertz CT molecular complexity index is 829. The van der Waals surface area contributed by atoms with Crippen LogP contribution in [0.3, 0.4) is 0 Å². The highest BCUT2D eigenvalue weighted by Crippen LogP contribution is 2.16. The van der Waals surface area contributed by atoms with Crippen molar-refractivity contribution in [1.82, 2.24) is 5.32 Å². The first-order chi connectivity index (χ1) is 13.3. The number of nitrogens with one attached hydrogen (secondary N) is 1. The first-order valence-electron chi connectivity index (χ1n) is 9.06. The molecule has 28 heavy (non-hydrogen) atoms. The molecule has 0 bridgehead atoms. The van der Waals surface area contributed by atoms with Gasteiger partial charge in [-0.05, 0) is 42.5 Å². The maximum absolute atomic E-state index is 12.0. The van der Waals surface area contributed by atoms with Gasteiger partial charge in [-0.25, -0.2) is 4.79 Å². The molecule has 0 aliphatic carbocycles. The molecule has 0 unspecified atom stereocenters. The first-order valence-corrected chi connectivity index (χ1v) is 9.06. The van der Waals surface area contributed by atoms with Crippen LogP contribution in [0.25, 0.3) is 0 Å². The number of amides is 1. The van der Waals surface area contributed by atoms with Gasteiger partial charge in [-0.2, -0.15) is 0 Å². The molecular weight excluding hydrogens is 360 g/mol. The van der Waals surface area contributed by atoms with Gasteiger partial charge in [0.15, 0.2) is 6.61 Å².